The monoisotopic (exact) mass is 500 g/mol. The molecule has 0 spiro atoms. The lowest BCUT2D eigenvalue weighted by Gasteiger charge is -2.26. The molecule has 1 atom stereocenters. The Kier molecular flexibility index (Phi) is 7.73. The van der Waals surface area contributed by atoms with Gasteiger partial charge in [-0.05, 0) is 49.4 Å². The highest BCUT2D eigenvalue weighted by molar-refractivity contribution is 7.91. The molecule has 0 bridgehead atoms. The van der Waals surface area contributed by atoms with E-state index >= 15 is 0 Å². The molecule has 1 aromatic carbocycles. The highest BCUT2D eigenvalue weighted by Crippen LogP contribution is 2.31. The van der Waals surface area contributed by atoms with Gasteiger partial charge in [-0.25, -0.2) is 4.98 Å². The SMILES string of the molecule is CCCNC(=O)c1ccn([S+]([O-])N(C)c2ccc3c(c2)nc(C(C)(C)C)n3CC2CCOCC2)n1. The van der Waals surface area contributed by atoms with Crippen LogP contribution < -0.4 is 9.62 Å². The summed E-state index contributed by atoms with van der Waals surface area (Å²) in [5.41, 5.74) is 2.86. The Bertz CT molecular complexity index is 1160. The van der Waals surface area contributed by atoms with E-state index in [-0.39, 0.29) is 17.0 Å². The summed E-state index contributed by atoms with van der Waals surface area (Å²) < 4.78 is 24.0. The van der Waals surface area contributed by atoms with Gasteiger partial charge in [0, 0.05) is 31.7 Å². The second-order valence-electron chi connectivity index (χ2n) is 10.1. The van der Waals surface area contributed by atoms with Gasteiger partial charge in [0.15, 0.2) is 5.69 Å². The standard InChI is InChI=1S/C25H36N6O3S/c1-6-12-26-23(32)20-9-13-31(28-20)35(33)29(5)19-7-8-22-21(16-19)27-24(25(2,3)4)30(22)17-18-10-14-34-15-11-18/h7-9,13,16,18H,6,10-12,14-15,17H2,1-5H3,(H,26,32). The number of amides is 1. The topological polar surface area (TPSA) is 100 Å². The van der Waals surface area contributed by atoms with Crippen LogP contribution >= 0.6 is 0 Å². The van der Waals surface area contributed by atoms with Gasteiger partial charge in [0.1, 0.15) is 5.82 Å². The normalized spacial score (nSPS) is 15.9. The van der Waals surface area contributed by atoms with Crippen LogP contribution in [-0.4, -0.2) is 56.0 Å². The smallest absolute Gasteiger partial charge is 0.271 e. The van der Waals surface area contributed by atoms with E-state index in [1.165, 1.54) is 4.09 Å². The van der Waals surface area contributed by atoms with Crippen molar-refractivity contribution in [1.29, 1.82) is 0 Å². The Morgan fingerprint density at radius 3 is 2.71 bits per heavy atom. The number of fused-ring (bicyclic) bond motifs is 1. The molecule has 1 N–H and O–H groups in total. The number of carbonyl (C=O) groups is 1. The highest BCUT2D eigenvalue weighted by Gasteiger charge is 2.27. The first-order valence-corrected chi connectivity index (χ1v) is 13.3. The van der Waals surface area contributed by atoms with Crippen molar-refractivity contribution in [1.82, 2.24) is 24.1 Å². The molecule has 1 unspecified atom stereocenters. The first kappa shape index (κ1) is 25.5. The summed E-state index contributed by atoms with van der Waals surface area (Å²) in [4.78, 5) is 17.2. The third-order valence-electron chi connectivity index (χ3n) is 6.28. The molecule has 1 aliphatic rings. The predicted molar refractivity (Wildman–Crippen MR) is 139 cm³/mol. The molecule has 10 heteroatoms. The molecule has 1 fully saturated rings. The summed E-state index contributed by atoms with van der Waals surface area (Å²) in [6.07, 6.45) is 4.52. The lowest BCUT2D eigenvalue weighted by molar-refractivity contribution is 0.0611. The largest absolute Gasteiger partial charge is 0.566 e. The van der Waals surface area contributed by atoms with Crippen LogP contribution in [0.5, 0.6) is 0 Å². The van der Waals surface area contributed by atoms with Crippen molar-refractivity contribution >= 4 is 34.2 Å². The maximum absolute atomic E-state index is 13.2. The summed E-state index contributed by atoms with van der Waals surface area (Å²) >= 11 is -1.63. The van der Waals surface area contributed by atoms with Crippen molar-refractivity contribution in [3.63, 3.8) is 0 Å². The summed E-state index contributed by atoms with van der Waals surface area (Å²) in [6.45, 7) is 11.7. The van der Waals surface area contributed by atoms with Crippen LogP contribution in [0.2, 0.25) is 0 Å². The molecule has 190 valence electrons. The lowest BCUT2D eigenvalue weighted by atomic mass is 9.94. The summed E-state index contributed by atoms with van der Waals surface area (Å²) in [5.74, 6) is 1.35. The van der Waals surface area contributed by atoms with Crippen LogP contribution in [0.3, 0.4) is 0 Å². The molecule has 0 saturated carbocycles. The number of nitrogens with zero attached hydrogens (tertiary/aromatic N) is 5. The summed E-state index contributed by atoms with van der Waals surface area (Å²) in [6, 6.07) is 7.58. The van der Waals surface area contributed by atoms with Crippen molar-refractivity contribution in [2.45, 2.75) is 58.9 Å². The number of ether oxygens (including phenoxy) is 1. The van der Waals surface area contributed by atoms with E-state index in [9.17, 15) is 9.35 Å². The molecule has 4 rings (SSSR count). The molecule has 1 aliphatic heterocycles. The minimum absolute atomic E-state index is 0.108. The van der Waals surface area contributed by atoms with Crippen LogP contribution in [0, 0.1) is 5.92 Å². The van der Waals surface area contributed by atoms with Crippen LogP contribution in [0.25, 0.3) is 11.0 Å². The summed E-state index contributed by atoms with van der Waals surface area (Å²) in [7, 11) is 1.75. The Morgan fingerprint density at radius 2 is 2.03 bits per heavy atom. The first-order chi connectivity index (χ1) is 16.7. The van der Waals surface area contributed by atoms with E-state index in [2.05, 4.69) is 41.8 Å². The number of rotatable bonds is 8. The molecule has 3 heterocycles. The predicted octanol–water partition coefficient (Wildman–Crippen LogP) is 3.66. The van der Waals surface area contributed by atoms with Crippen molar-refractivity contribution in [3.8, 4) is 0 Å². The first-order valence-electron chi connectivity index (χ1n) is 12.3. The van der Waals surface area contributed by atoms with Crippen molar-refractivity contribution < 1.29 is 14.1 Å². The molecule has 0 aliphatic carbocycles. The fraction of sp³-hybridized carbons (Fsp3) is 0.560. The van der Waals surface area contributed by atoms with Crippen LogP contribution in [0.1, 0.15) is 63.3 Å². The molecule has 1 saturated heterocycles. The van der Waals surface area contributed by atoms with Crippen molar-refractivity contribution in [2.75, 3.05) is 31.1 Å². The van der Waals surface area contributed by atoms with Gasteiger partial charge in [-0.1, -0.05) is 31.8 Å². The van der Waals surface area contributed by atoms with Gasteiger partial charge in [0.2, 0.25) is 11.5 Å². The van der Waals surface area contributed by atoms with Crippen molar-refractivity contribution in [3.05, 3.63) is 42.0 Å². The minimum atomic E-state index is -1.63. The Morgan fingerprint density at radius 1 is 1.29 bits per heavy atom. The molecular formula is C25H36N6O3S. The number of carbonyl (C=O) groups excluding carboxylic acids is 1. The quantitative estimate of drug-likeness (QED) is 0.474. The Balaban J connectivity index is 1.59. The van der Waals surface area contributed by atoms with E-state index in [0.717, 1.165) is 61.6 Å². The third-order valence-corrected chi connectivity index (χ3v) is 7.48. The van der Waals surface area contributed by atoms with Gasteiger partial charge >= 0.3 is 0 Å². The van der Waals surface area contributed by atoms with E-state index in [1.54, 1.807) is 23.6 Å². The van der Waals surface area contributed by atoms with Crippen LogP contribution in [0.4, 0.5) is 5.69 Å². The zero-order valence-electron chi connectivity index (χ0n) is 21.3. The maximum atomic E-state index is 13.2. The Labute approximate surface area is 210 Å². The van der Waals surface area contributed by atoms with Gasteiger partial charge in [-0.15, -0.1) is 5.10 Å². The fourth-order valence-electron chi connectivity index (χ4n) is 4.32. The average Bonchev–Trinajstić information content (AvgIpc) is 3.47. The number of aromatic nitrogens is 4. The van der Waals surface area contributed by atoms with Gasteiger partial charge < -0.3 is 19.2 Å². The number of imidazole rings is 1. The highest BCUT2D eigenvalue weighted by atomic mass is 32.2. The second kappa shape index (κ2) is 10.6. The molecule has 3 aromatic rings. The van der Waals surface area contributed by atoms with Gasteiger partial charge in [0.25, 0.3) is 5.91 Å². The Hall–Kier alpha value is -2.56. The van der Waals surface area contributed by atoms with Crippen LogP contribution in [-0.2, 0) is 28.2 Å². The zero-order chi connectivity index (χ0) is 25.2. The maximum Gasteiger partial charge on any atom is 0.271 e. The molecule has 9 nitrogen and oxygen atoms in total. The average molecular weight is 501 g/mol. The lowest BCUT2D eigenvalue weighted by Crippen LogP contribution is -2.33. The molecule has 35 heavy (non-hydrogen) atoms. The number of anilines is 1. The zero-order valence-corrected chi connectivity index (χ0v) is 22.1. The fourth-order valence-corrected chi connectivity index (χ4v) is 5.19. The number of nitrogens with one attached hydrogen (secondary N) is 1. The van der Waals surface area contributed by atoms with Gasteiger partial charge in [0.05, 0.1) is 30.0 Å². The second-order valence-corrected chi connectivity index (χ2v) is 11.5. The van der Waals surface area contributed by atoms with Gasteiger partial charge in [-0.2, -0.15) is 4.31 Å². The molecule has 0 radical (unpaired) electrons. The van der Waals surface area contributed by atoms with E-state index < -0.39 is 11.5 Å². The number of benzene rings is 1. The number of hydrogen-bond donors (Lipinski definition) is 1. The van der Waals surface area contributed by atoms with Crippen molar-refractivity contribution in [2.24, 2.45) is 5.92 Å². The van der Waals surface area contributed by atoms with Gasteiger partial charge in [-0.3, -0.25) is 4.79 Å². The molecule has 2 aromatic heterocycles. The third kappa shape index (κ3) is 5.65. The minimum Gasteiger partial charge on any atom is -0.566 e. The van der Waals surface area contributed by atoms with E-state index in [1.807, 2.05) is 19.1 Å². The van der Waals surface area contributed by atoms with E-state index in [0.29, 0.717) is 12.5 Å². The van der Waals surface area contributed by atoms with E-state index in [4.69, 9.17) is 9.72 Å². The number of hydrogen-bond acceptors (Lipinski definition) is 6. The summed E-state index contributed by atoms with van der Waals surface area (Å²) in [5, 5.41) is 7.01. The molecular weight excluding hydrogens is 464 g/mol. The molecule has 1 amide bonds. The van der Waals surface area contributed by atoms with Crippen LogP contribution in [0.15, 0.2) is 30.5 Å².